The first-order valence-corrected chi connectivity index (χ1v) is 10.3. The van der Waals surface area contributed by atoms with Crippen LogP contribution >= 0.6 is 0 Å². The van der Waals surface area contributed by atoms with E-state index < -0.39 is 23.7 Å². The highest BCUT2D eigenvalue weighted by atomic mass is 19.2. The Labute approximate surface area is 176 Å². The summed E-state index contributed by atoms with van der Waals surface area (Å²) in [7, 11) is 0. The Balaban J connectivity index is 1.87. The average Bonchev–Trinajstić information content (AvgIpc) is 2.71. The summed E-state index contributed by atoms with van der Waals surface area (Å²) in [5.74, 6) is -3.19. The second-order valence-electron chi connectivity index (χ2n) is 8.35. The van der Waals surface area contributed by atoms with E-state index in [1.165, 1.54) is 11.6 Å². The van der Waals surface area contributed by atoms with Gasteiger partial charge in [-0.15, -0.1) is 0 Å². The zero-order valence-corrected chi connectivity index (χ0v) is 17.6. The van der Waals surface area contributed by atoms with E-state index >= 15 is 0 Å². The molecule has 0 saturated heterocycles. The van der Waals surface area contributed by atoms with Gasteiger partial charge in [-0.25, -0.2) is 8.78 Å². The third-order valence-electron chi connectivity index (χ3n) is 5.24. The number of unbranched alkanes of at least 4 members (excludes halogenated alkanes) is 1. The highest BCUT2D eigenvalue weighted by molar-refractivity contribution is 5.67. The topological polar surface area (TPSA) is 69.6 Å². The molecule has 2 aromatic carbocycles. The third-order valence-corrected chi connectivity index (χ3v) is 5.24. The molecule has 0 spiro atoms. The van der Waals surface area contributed by atoms with E-state index in [2.05, 4.69) is 17.4 Å². The molecule has 0 aromatic heterocycles. The zero-order valence-electron chi connectivity index (χ0n) is 17.6. The summed E-state index contributed by atoms with van der Waals surface area (Å²) < 4.78 is 28.1. The van der Waals surface area contributed by atoms with E-state index in [0.29, 0.717) is 5.56 Å². The van der Waals surface area contributed by atoms with Crippen LogP contribution in [0.5, 0.6) is 0 Å². The Hall–Kier alpha value is -2.31. The van der Waals surface area contributed by atoms with Crippen molar-refractivity contribution in [2.45, 2.75) is 64.0 Å². The molecule has 2 rings (SSSR count). The lowest BCUT2D eigenvalue weighted by atomic mass is 9.94. The maximum Gasteiger partial charge on any atom is 0.303 e. The smallest absolute Gasteiger partial charge is 0.303 e. The maximum absolute atomic E-state index is 14.2. The normalized spacial score (nSPS) is 12.7. The Kier molecular flexibility index (Phi) is 8.93. The zero-order chi connectivity index (χ0) is 22.1. The number of aryl methyl sites for hydroxylation is 2. The molecule has 30 heavy (non-hydrogen) atoms. The highest BCUT2D eigenvalue weighted by Gasteiger charge is 2.22. The summed E-state index contributed by atoms with van der Waals surface area (Å²) in [6, 6.07) is 12.6. The van der Waals surface area contributed by atoms with Crippen LogP contribution in [-0.2, 0) is 17.6 Å². The second kappa shape index (κ2) is 11.2. The van der Waals surface area contributed by atoms with Gasteiger partial charge in [-0.1, -0.05) is 36.8 Å². The molecule has 0 unspecified atom stereocenters. The summed E-state index contributed by atoms with van der Waals surface area (Å²) >= 11 is 0. The van der Waals surface area contributed by atoms with E-state index in [9.17, 15) is 18.7 Å². The number of aliphatic hydroxyl groups is 1. The molecule has 4 nitrogen and oxygen atoms in total. The van der Waals surface area contributed by atoms with Gasteiger partial charge in [0.2, 0.25) is 0 Å². The number of nitrogens with one attached hydrogen (secondary N) is 1. The van der Waals surface area contributed by atoms with E-state index in [1.54, 1.807) is 0 Å². The molecule has 3 N–H and O–H groups in total. The van der Waals surface area contributed by atoms with Crippen molar-refractivity contribution in [2.75, 3.05) is 6.54 Å². The minimum absolute atomic E-state index is 0.0738. The van der Waals surface area contributed by atoms with Gasteiger partial charge in [-0.05, 0) is 62.8 Å². The molecule has 0 fully saturated rings. The number of benzene rings is 2. The second-order valence-corrected chi connectivity index (χ2v) is 8.35. The monoisotopic (exact) mass is 419 g/mol. The highest BCUT2D eigenvalue weighted by Crippen LogP contribution is 2.23. The predicted molar refractivity (Wildman–Crippen MR) is 113 cm³/mol. The van der Waals surface area contributed by atoms with Crippen molar-refractivity contribution in [3.05, 3.63) is 70.8 Å². The summed E-state index contributed by atoms with van der Waals surface area (Å²) in [4.78, 5) is 10.7. The van der Waals surface area contributed by atoms with E-state index in [0.717, 1.165) is 31.7 Å². The molecule has 6 heteroatoms. The summed E-state index contributed by atoms with van der Waals surface area (Å²) in [6.45, 7) is 4.11. The van der Waals surface area contributed by atoms with Crippen molar-refractivity contribution in [1.29, 1.82) is 0 Å². The Morgan fingerprint density at radius 3 is 2.43 bits per heavy atom. The molecule has 0 aliphatic heterocycles. The van der Waals surface area contributed by atoms with Crippen LogP contribution in [0.4, 0.5) is 8.78 Å². The number of halogens is 2. The van der Waals surface area contributed by atoms with Crippen molar-refractivity contribution >= 4 is 5.97 Å². The first-order chi connectivity index (χ1) is 14.2. The predicted octanol–water partition coefficient (Wildman–Crippen LogP) is 4.80. The molecule has 0 bridgehead atoms. The SMILES string of the molecule is CC(C)(CCCCc1ccccc1)NC[C@@H](O)c1cc(CCC(=O)O)cc(F)c1F. The third kappa shape index (κ3) is 7.84. The Morgan fingerprint density at radius 2 is 1.77 bits per heavy atom. The van der Waals surface area contributed by atoms with Gasteiger partial charge in [-0.3, -0.25) is 4.79 Å². The molecule has 0 aliphatic rings. The van der Waals surface area contributed by atoms with Crippen molar-refractivity contribution < 1.29 is 23.8 Å². The van der Waals surface area contributed by atoms with Crippen LogP contribution in [0.2, 0.25) is 0 Å². The number of hydrogen-bond donors (Lipinski definition) is 3. The number of aliphatic carboxylic acids is 1. The van der Waals surface area contributed by atoms with Gasteiger partial charge >= 0.3 is 5.97 Å². The molecular weight excluding hydrogens is 388 g/mol. The fourth-order valence-electron chi connectivity index (χ4n) is 3.42. The van der Waals surface area contributed by atoms with Crippen LogP contribution in [0.25, 0.3) is 0 Å². The van der Waals surface area contributed by atoms with Gasteiger partial charge in [0.1, 0.15) is 0 Å². The van der Waals surface area contributed by atoms with Crippen LogP contribution in [0.1, 0.15) is 62.3 Å². The number of carbonyl (C=O) groups is 1. The van der Waals surface area contributed by atoms with Crippen LogP contribution in [-0.4, -0.2) is 28.3 Å². The quantitative estimate of drug-likeness (QED) is 0.433. The van der Waals surface area contributed by atoms with E-state index in [-0.39, 0.29) is 30.5 Å². The summed E-state index contributed by atoms with van der Waals surface area (Å²) in [6.07, 6.45) is 2.59. The maximum atomic E-state index is 14.2. The number of β-amino-alcohol motifs (C(OH)–C–C–N with tert-alkyl or cyclic N) is 1. The summed E-state index contributed by atoms with van der Waals surface area (Å²) in [5.41, 5.74) is 1.24. The van der Waals surface area contributed by atoms with Gasteiger partial charge in [0, 0.05) is 24.1 Å². The fraction of sp³-hybridized carbons (Fsp3) is 0.458. The minimum Gasteiger partial charge on any atom is -0.481 e. The van der Waals surface area contributed by atoms with Gasteiger partial charge in [0.15, 0.2) is 11.6 Å². The first-order valence-electron chi connectivity index (χ1n) is 10.3. The molecular formula is C24H31F2NO3. The van der Waals surface area contributed by atoms with Crippen molar-refractivity contribution in [2.24, 2.45) is 0 Å². The van der Waals surface area contributed by atoms with E-state index in [4.69, 9.17) is 5.11 Å². The molecule has 0 heterocycles. The van der Waals surface area contributed by atoms with Crippen molar-refractivity contribution in [3.63, 3.8) is 0 Å². The lowest BCUT2D eigenvalue weighted by molar-refractivity contribution is -0.136. The number of carboxylic acid groups (broad SMARTS) is 1. The van der Waals surface area contributed by atoms with Gasteiger partial charge in [0.25, 0.3) is 0 Å². The number of hydrogen-bond acceptors (Lipinski definition) is 3. The molecule has 0 amide bonds. The largest absolute Gasteiger partial charge is 0.481 e. The Morgan fingerprint density at radius 1 is 1.07 bits per heavy atom. The van der Waals surface area contributed by atoms with Crippen LogP contribution in [0.3, 0.4) is 0 Å². The van der Waals surface area contributed by atoms with Crippen LogP contribution < -0.4 is 5.32 Å². The fourth-order valence-corrected chi connectivity index (χ4v) is 3.42. The van der Waals surface area contributed by atoms with Gasteiger partial charge in [-0.2, -0.15) is 0 Å². The minimum atomic E-state index is -1.23. The van der Waals surface area contributed by atoms with Gasteiger partial charge < -0.3 is 15.5 Å². The van der Waals surface area contributed by atoms with E-state index in [1.807, 2.05) is 32.0 Å². The lowest BCUT2D eigenvalue weighted by Crippen LogP contribution is -2.41. The van der Waals surface area contributed by atoms with Crippen molar-refractivity contribution in [3.8, 4) is 0 Å². The lowest BCUT2D eigenvalue weighted by Gasteiger charge is -2.28. The molecule has 0 aliphatic carbocycles. The molecule has 164 valence electrons. The van der Waals surface area contributed by atoms with Crippen LogP contribution in [0, 0.1) is 11.6 Å². The standard InChI is InChI=1S/C24H31F2NO3/c1-24(2,13-7-6-10-17-8-4-3-5-9-17)27-16-21(28)19-14-18(11-12-22(29)30)15-20(25)23(19)26/h3-5,8-9,14-15,21,27-28H,6-7,10-13,16H2,1-2H3,(H,29,30)/t21-/m1/s1. The molecule has 2 aromatic rings. The molecule has 0 saturated carbocycles. The first kappa shape index (κ1) is 24.0. The van der Waals surface area contributed by atoms with Crippen molar-refractivity contribution in [1.82, 2.24) is 5.32 Å². The average molecular weight is 420 g/mol. The molecule has 0 radical (unpaired) electrons. The Bertz CT molecular complexity index is 825. The molecule has 1 atom stereocenters. The summed E-state index contributed by atoms with van der Waals surface area (Å²) in [5, 5.41) is 22.4. The number of carboxylic acids is 1. The van der Waals surface area contributed by atoms with Crippen LogP contribution in [0.15, 0.2) is 42.5 Å². The van der Waals surface area contributed by atoms with Gasteiger partial charge in [0.05, 0.1) is 6.10 Å². The number of aliphatic hydroxyl groups excluding tert-OH is 1. The number of rotatable bonds is 12.